The molecule has 2 aliphatic rings. The van der Waals surface area contributed by atoms with Gasteiger partial charge in [-0.05, 0) is 36.3 Å². The van der Waals surface area contributed by atoms with Gasteiger partial charge in [-0.3, -0.25) is 24.0 Å². The van der Waals surface area contributed by atoms with Gasteiger partial charge in [0.2, 0.25) is 11.7 Å². The summed E-state index contributed by atoms with van der Waals surface area (Å²) >= 11 is 0. The summed E-state index contributed by atoms with van der Waals surface area (Å²) in [4.78, 5) is 72.4. The Morgan fingerprint density at radius 1 is 0.977 bits per heavy atom. The van der Waals surface area contributed by atoms with E-state index in [9.17, 15) is 24.0 Å². The Balaban J connectivity index is 1.60. The second-order valence-corrected chi connectivity index (χ2v) is 13.8. The molecule has 9 nitrogen and oxygen atoms in total. The van der Waals surface area contributed by atoms with Crippen molar-refractivity contribution in [2.24, 2.45) is 29.1 Å². The smallest absolute Gasteiger partial charge is 0.224 e. The number of Topliss-reactive ketones (excluding diaryl/α,β-unsaturated/α-hetero) is 4. The SMILES string of the molecule is CC(C)[C@H](CC(=O)[C@H](C)NC(=O)[C@@H](CC(=O)c1ccc(N2CCOCC2)nc1)C(C)(C)C)C(=O)C(=O)CC1CCCCC1. The van der Waals surface area contributed by atoms with Crippen molar-refractivity contribution in [3.05, 3.63) is 23.9 Å². The van der Waals surface area contributed by atoms with E-state index < -0.39 is 29.1 Å². The molecule has 1 amide bonds. The first-order chi connectivity index (χ1) is 20.3. The van der Waals surface area contributed by atoms with Crippen LogP contribution in [0.1, 0.15) is 103 Å². The van der Waals surface area contributed by atoms with Gasteiger partial charge in [0, 0.05) is 50.0 Å². The molecular weight excluding hydrogens is 546 g/mol. The second-order valence-electron chi connectivity index (χ2n) is 13.8. The summed E-state index contributed by atoms with van der Waals surface area (Å²) in [6.07, 6.45) is 6.98. The minimum atomic E-state index is -0.857. The molecule has 43 heavy (non-hydrogen) atoms. The number of morpholine rings is 1. The van der Waals surface area contributed by atoms with Crippen molar-refractivity contribution in [1.29, 1.82) is 0 Å². The quantitative estimate of drug-likeness (QED) is 0.235. The third kappa shape index (κ3) is 10.1. The largest absolute Gasteiger partial charge is 0.378 e. The fourth-order valence-corrected chi connectivity index (χ4v) is 6.01. The maximum absolute atomic E-state index is 13.4. The van der Waals surface area contributed by atoms with Crippen LogP contribution in [0.25, 0.3) is 0 Å². The van der Waals surface area contributed by atoms with Gasteiger partial charge in [-0.1, -0.05) is 66.7 Å². The molecule has 9 heteroatoms. The maximum atomic E-state index is 13.4. The van der Waals surface area contributed by atoms with Crippen LogP contribution in [0, 0.1) is 29.1 Å². The van der Waals surface area contributed by atoms with E-state index in [0.717, 1.165) is 44.6 Å². The lowest BCUT2D eigenvalue weighted by Crippen LogP contribution is -2.46. The van der Waals surface area contributed by atoms with E-state index in [-0.39, 0.29) is 54.4 Å². The number of amides is 1. The van der Waals surface area contributed by atoms with Gasteiger partial charge in [-0.15, -0.1) is 0 Å². The van der Waals surface area contributed by atoms with Gasteiger partial charge >= 0.3 is 0 Å². The number of hydrogen-bond donors (Lipinski definition) is 1. The predicted octanol–water partition coefficient (Wildman–Crippen LogP) is 5.00. The van der Waals surface area contributed by atoms with Crippen molar-refractivity contribution >= 4 is 34.9 Å². The molecule has 0 spiro atoms. The number of hydrogen-bond acceptors (Lipinski definition) is 8. The molecule has 2 fully saturated rings. The third-order valence-electron chi connectivity index (χ3n) is 9.03. The number of carbonyl (C=O) groups excluding carboxylic acids is 5. The Morgan fingerprint density at radius 3 is 2.19 bits per heavy atom. The lowest BCUT2D eigenvalue weighted by Gasteiger charge is -2.30. The van der Waals surface area contributed by atoms with E-state index in [1.807, 2.05) is 40.7 Å². The van der Waals surface area contributed by atoms with E-state index >= 15 is 0 Å². The van der Waals surface area contributed by atoms with Crippen molar-refractivity contribution in [3.8, 4) is 0 Å². The Bertz CT molecular complexity index is 1130. The number of ketones is 4. The molecule has 238 valence electrons. The molecule has 0 bridgehead atoms. The molecule has 1 saturated carbocycles. The molecule has 2 heterocycles. The van der Waals surface area contributed by atoms with Crippen molar-refractivity contribution in [3.63, 3.8) is 0 Å². The fraction of sp³-hybridized carbons (Fsp3) is 0.706. The van der Waals surface area contributed by atoms with Crippen LogP contribution in [0.5, 0.6) is 0 Å². The summed E-state index contributed by atoms with van der Waals surface area (Å²) in [5.41, 5.74) is -0.120. The number of ether oxygens (including phenoxy) is 1. The highest BCUT2D eigenvalue weighted by Gasteiger charge is 2.36. The van der Waals surface area contributed by atoms with Crippen LogP contribution in [0.3, 0.4) is 0 Å². The molecule has 1 N–H and O–H groups in total. The Labute approximate surface area is 256 Å². The number of pyridine rings is 1. The lowest BCUT2D eigenvalue weighted by molar-refractivity contribution is -0.142. The van der Waals surface area contributed by atoms with Gasteiger partial charge in [0.25, 0.3) is 0 Å². The second kappa shape index (κ2) is 15.7. The summed E-state index contributed by atoms with van der Waals surface area (Å²) in [6, 6.07) is 2.70. The van der Waals surface area contributed by atoms with Gasteiger partial charge in [0.1, 0.15) is 5.82 Å². The van der Waals surface area contributed by atoms with Crippen molar-refractivity contribution in [1.82, 2.24) is 10.3 Å². The molecular formula is C34H51N3O6. The number of carbonyl (C=O) groups is 5. The van der Waals surface area contributed by atoms with Gasteiger partial charge in [-0.25, -0.2) is 4.98 Å². The van der Waals surface area contributed by atoms with Crippen LogP contribution in [0.15, 0.2) is 18.3 Å². The highest BCUT2D eigenvalue weighted by atomic mass is 16.5. The first-order valence-electron chi connectivity index (χ1n) is 16.0. The van der Waals surface area contributed by atoms with Crippen LogP contribution in [-0.4, -0.2) is 66.4 Å². The molecule has 3 atom stereocenters. The Kier molecular flexibility index (Phi) is 12.6. The van der Waals surface area contributed by atoms with E-state index in [1.165, 1.54) is 6.42 Å². The predicted molar refractivity (Wildman–Crippen MR) is 166 cm³/mol. The van der Waals surface area contributed by atoms with E-state index in [1.54, 1.807) is 19.2 Å². The monoisotopic (exact) mass is 597 g/mol. The lowest BCUT2D eigenvalue weighted by atomic mass is 9.76. The molecule has 1 saturated heterocycles. The zero-order valence-corrected chi connectivity index (χ0v) is 26.9. The Hall–Kier alpha value is -2.94. The summed E-state index contributed by atoms with van der Waals surface area (Å²) in [5.74, 6) is -2.28. The minimum Gasteiger partial charge on any atom is -0.378 e. The highest BCUT2D eigenvalue weighted by molar-refractivity contribution is 6.38. The molecule has 3 rings (SSSR count). The average molecular weight is 598 g/mol. The fourth-order valence-electron chi connectivity index (χ4n) is 6.01. The average Bonchev–Trinajstić information content (AvgIpc) is 2.98. The maximum Gasteiger partial charge on any atom is 0.224 e. The van der Waals surface area contributed by atoms with Crippen molar-refractivity contribution in [2.75, 3.05) is 31.2 Å². The standard InChI is InChI=1S/C34H51N3O6/c1-22(2)26(32(41)30(40)18-24-10-8-7-9-11-24)19-28(38)23(3)36-33(42)27(34(4,5)6)20-29(39)25-12-13-31(35-21-25)37-14-16-43-17-15-37/h12-13,21-24,26-27H,7-11,14-20H2,1-6H3,(H,36,42)/t23-,26-,27+/m0/s1. The highest BCUT2D eigenvalue weighted by Crippen LogP contribution is 2.31. The normalized spacial score (nSPS) is 18.5. The van der Waals surface area contributed by atoms with Crippen LogP contribution >= 0.6 is 0 Å². The van der Waals surface area contributed by atoms with E-state index in [4.69, 9.17) is 4.74 Å². The van der Waals surface area contributed by atoms with Gasteiger partial charge in [0.05, 0.1) is 25.2 Å². The Morgan fingerprint density at radius 2 is 1.63 bits per heavy atom. The molecule has 1 aromatic heterocycles. The van der Waals surface area contributed by atoms with Crippen molar-refractivity contribution in [2.45, 2.75) is 99.0 Å². The number of rotatable bonds is 14. The molecule has 1 aliphatic heterocycles. The van der Waals surface area contributed by atoms with E-state index in [2.05, 4.69) is 15.2 Å². The summed E-state index contributed by atoms with van der Waals surface area (Å²) in [5, 5.41) is 2.80. The van der Waals surface area contributed by atoms with Crippen LogP contribution < -0.4 is 10.2 Å². The molecule has 1 aromatic rings. The minimum absolute atomic E-state index is 0.0302. The first-order valence-corrected chi connectivity index (χ1v) is 16.0. The van der Waals surface area contributed by atoms with Crippen LogP contribution in [0.2, 0.25) is 0 Å². The molecule has 1 aliphatic carbocycles. The molecule has 0 unspecified atom stereocenters. The number of anilines is 1. The summed E-state index contributed by atoms with van der Waals surface area (Å²) in [6.45, 7) is 13.7. The number of nitrogens with one attached hydrogen (secondary N) is 1. The molecule has 0 radical (unpaired) electrons. The van der Waals surface area contributed by atoms with Crippen LogP contribution in [0.4, 0.5) is 5.82 Å². The number of aromatic nitrogens is 1. The summed E-state index contributed by atoms with van der Waals surface area (Å²) < 4.78 is 5.39. The van der Waals surface area contributed by atoms with Crippen molar-refractivity contribution < 1.29 is 28.7 Å². The van der Waals surface area contributed by atoms with Gasteiger partial charge in [0.15, 0.2) is 17.3 Å². The number of nitrogens with zero attached hydrogens (tertiary/aromatic N) is 2. The zero-order chi connectivity index (χ0) is 31.7. The zero-order valence-electron chi connectivity index (χ0n) is 26.9. The van der Waals surface area contributed by atoms with Gasteiger partial charge < -0.3 is 15.0 Å². The van der Waals surface area contributed by atoms with Crippen LogP contribution in [-0.2, 0) is 23.9 Å². The van der Waals surface area contributed by atoms with Gasteiger partial charge in [-0.2, -0.15) is 0 Å². The third-order valence-corrected chi connectivity index (χ3v) is 9.03. The first kappa shape index (κ1) is 34.5. The summed E-state index contributed by atoms with van der Waals surface area (Å²) in [7, 11) is 0. The topological polar surface area (TPSA) is 123 Å². The molecule has 0 aromatic carbocycles. The van der Waals surface area contributed by atoms with E-state index in [0.29, 0.717) is 18.8 Å².